The molecule has 3 saturated heterocycles. The van der Waals surface area contributed by atoms with Crippen LogP contribution in [0.3, 0.4) is 0 Å². The molecular formula is C37H42Cl2N4O4. The van der Waals surface area contributed by atoms with Gasteiger partial charge in [-0.15, -0.1) is 0 Å². The first kappa shape index (κ1) is 33.5. The molecule has 0 saturated carbocycles. The molecule has 3 heterocycles. The summed E-state index contributed by atoms with van der Waals surface area (Å²) in [5.41, 5.74) is 4.73. The number of halogens is 2. The predicted molar refractivity (Wildman–Crippen MR) is 184 cm³/mol. The lowest BCUT2D eigenvalue weighted by Gasteiger charge is -2.44. The van der Waals surface area contributed by atoms with Gasteiger partial charge in [-0.05, 0) is 100.0 Å². The number of aliphatic carboxylic acids is 1. The number of piperidine rings is 2. The second kappa shape index (κ2) is 14.4. The third kappa shape index (κ3) is 7.07. The lowest BCUT2D eigenvalue weighted by molar-refractivity contribution is -0.149. The molecule has 3 aromatic carbocycles. The van der Waals surface area contributed by atoms with Gasteiger partial charge in [-0.2, -0.15) is 0 Å². The summed E-state index contributed by atoms with van der Waals surface area (Å²) in [6.07, 6.45) is 5.09. The van der Waals surface area contributed by atoms with Crippen molar-refractivity contribution >= 4 is 41.0 Å². The summed E-state index contributed by atoms with van der Waals surface area (Å²) in [6, 6.07) is 24.4. The van der Waals surface area contributed by atoms with Crippen LogP contribution in [0.5, 0.6) is 0 Å². The normalized spacial score (nSPS) is 23.4. The number of rotatable bonds is 9. The van der Waals surface area contributed by atoms with Crippen molar-refractivity contribution in [1.29, 1.82) is 0 Å². The maximum absolute atomic E-state index is 14.1. The number of hydrazine groups is 1. The number of nitrogens with one attached hydrogen (secondary N) is 1. The van der Waals surface area contributed by atoms with Gasteiger partial charge in [0.2, 0.25) is 5.91 Å². The Morgan fingerprint density at radius 2 is 1.51 bits per heavy atom. The number of hydrogen-bond donors (Lipinski definition) is 2. The number of benzene rings is 3. The zero-order valence-electron chi connectivity index (χ0n) is 26.5. The Bertz CT molecular complexity index is 1580. The molecule has 3 aromatic rings. The number of likely N-dealkylation sites (tertiary alicyclic amines) is 2. The lowest BCUT2D eigenvalue weighted by Crippen LogP contribution is -2.60. The fourth-order valence-electron chi connectivity index (χ4n) is 7.71. The van der Waals surface area contributed by atoms with E-state index in [1.54, 1.807) is 5.01 Å². The van der Waals surface area contributed by atoms with E-state index in [9.17, 15) is 19.5 Å². The molecule has 2 unspecified atom stereocenters. The van der Waals surface area contributed by atoms with Crippen LogP contribution in [0.2, 0.25) is 10.0 Å². The summed E-state index contributed by atoms with van der Waals surface area (Å²) in [7, 11) is 0. The summed E-state index contributed by atoms with van der Waals surface area (Å²) >= 11 is 12.8. The molecule has 0 radical (unpaired) electrons. The average molecular weight is 678 g/mol. The topological polar surface area (TPSA) is 93.2 Å². The highest BCUT2D eigenvalue weighted by molar-refractivity contribution is 6.42. The van der Waals surface area contributed by atoms with Crippen LogP contribution in [0, 0.1) is 0 Å². The zero-order chi connectivity index (χ0) is 33.0. The molecule has 3 fully saturated rings. The summed E-state index contributed by atoms with van der Waals surface area (Å²) in [6.45, 7) is 4.00. The van der Waals surface area contributed by atoms with Gasteiger partial charge in [0, 0.05) is 30.6 Å². The maximum Gasteiger partial charge on any atom is 0.322 e. The van der Waals surface area contributed by atoms with Crippen LogP contribution < -0.4 is 5.43 Å². The van der Waals surface area contributed by atoms with E-state index in [0.717, 1.165) is 56.4 Å². The van der Waals surface area contributed by atoms with E-state index in [4.69, 9.17) is 23.2 Å². The molecule has 3 aliphatic heterocycles. The number of nitrogens with zero attached hydrogens (tertiary/aromatic N) is 3. The molecule has 2 N–H and O–H groups in total. The molecule has 248 valence electrons. The SMILES string of the molecule is O=C(O)C1CCCCN1NC(=O)C1(c2ccccc2)CCN(CCC2(c3ccc(Cl)c(Cl)c3)CCN(C(=O)c3ccccc3)C2)CC1. The molecule has 3 aliphatic rings. The van der Waals surface area contributed by atoms with E-state index in [1.165, 1.54) is 0 Å². The molecule has 0 bridgehead atoms. The Morgan fingerprint density at radius 3 is 2.19 bits per heavy atom. The molecule has 0 aliphatic carbocycles. The van der Waals surface area contributed by atoms with Crippen LogP contribution >= 0.6 is 23.2 Å². The number of carboxylic acid groups (broad SMARTS) is 1. The van der Waals surface area contributed by atoms with Gasteiger partial charge in [-0.25, -0.2) is 5.01 Å². The molecule has 6 rings (SSSR count). The predicted octanol–water partition coefficient (Wildman–Crippen LogP) is 6.17. The van der Waals surface area contributed by atoms with Gasteiger partial charge in [-0.3, -0.25) is 19.8 Å². The Morgan fingerprint density at radius 1 is 0.809 bits per heavy atom. The van der Waals surface area contributed by atoms with Crippen molar-refractivity contribution in [3.05, 3.63) is 106 Å². The van der Waals surface area contributed by atoms with E-state index >= 15 is 0 Å². The number of carbonyl (C=O) groups is 3. The molecular weight excluding hydrogens is 635 g/mol. The summed E-state index contributed by atoms with van der Waals surface area (Å²) < 4.78 is 0. The monoisotopic (exact) mass is 676 g/mol. The van der Waals surface area contributed by atoms with Crippen LogP contribution in [0.25, 0.3) is 0 Å². The highest BCUT2D eigenvalue weighted by atomic mass is 35.5. The Hall–Kier alpha value is -3.43. The largest absolute Gasteiger partial charge is 0.480 e. The van der Waals surface area contributed by atoms with Gasteiger partial charge in [-0.1, -0.05) is 77.8 Å². The van der Waals surface area contributed by atoms with Gasteiger partial charge in [0.1, 0.15) is 6.04 Å². The summed E-state index contributed by atoms with van der Waals surface area (Å²) in [4.78, 5) is 43.9. The highest BCUT2D eigenvalue weighted by Crippen LogP contribution is 2.42. The Balaban J connectivity index is 1.18. The van der Waals surface area contributed by atoms with Crippen molar-refractivity contribution in [2.45, 2.75) is 61.8 Å². The lowest BCUT2D eigenvalue weighted by atomic mass is 9.71. The maximum atomic E-state index is 14.1. The van der Waals surface area contributed by atoms with E-state index < -0.39 is 17.4 Å². The van der Waals surface area contributed by atoms with Crippen LogP contribution in [0.15, 0.2) is 78.9 Å². The molecule has 0 aromatic heterocycles. The van der Waals surface area contributed by atoms with Crippen LogP contribution in [0.1, 0.15) is 66.4 Å². The van der Waals surface area contributed by atoms with Crippen molar-refractivity contribution in [1.82, 2.24) is 20.2 Å². The van der Waals surface area contributed by atoms with E-state index in [2.05, 4.69) is 10.3 Å². The third-order valence-electron chi connectivity index (χ3n) is 10.6. The third-order valence-corrected chi connectivity index (χ3v) is 11.3. The first-order chi connectivity index (χ1) is 22.7. The van der Waals surface area contributed by atoms with E-state index in [1.807, 2.05) is 83.8 Å². The number of hydrogen-bond acceptors (Lipinski definition) is 5. The fraction of sp³-hybridized carbons (Fsp3) is 0.432. The molecule has 2 amide bonds. The minimum absolute atomic E-state index is 0.0306. The van der Waals surface area contributed by atoms with E-state index in [-0.39, 0.29) is 17.2 Å². The van der Waals surface area contributed by atoms with Crippen molar-refractivity contribution in [2.75, 3.05) is 39.3 Å². The fourth-order valence-corrected chi connectivity index (χ4v) is 8.01. The molecule has 2 atom stereocenters. The summed E-state index contributed by atoms with van der Waals surface area (Å²) in [5, 5.41) is 12.4. The first-order valence-corrected chi connectivity index (χ1v) is 17.3. The van der Waals surface area contributed by atoms with Crippen molar-refractivity contribution in [3.63, 3.8) is 0 Å². The molecule has 10 heteroatoms. The van der Waals surface area contributed by atoms with Gasteiger partial charge in [0.15, 0.2) is 0 Å². The molecule has 47 heavy (non-hydrogen) atoms. The highest BCUT2D eigenvalue weighted by Gasteiger charge is 2.46. The van der Waals surface area contributed by atoms with E-state index in [0.29, 0.717) is 54.5 Å². The van der Waals surface area contributed by atoms with Gasteiger partial charge in [0.25, 0.3) is 5.91 Å². The van der Waals surface area contributed by atoms with Gasteiger partial charge in [0.05, 0.1) is 15.5 Å². The quantitative estimate of drug-likeness (QED) is 0.282. The zero-order valence-corrected chi connectivity index (χ0v) is 28.1. The van der Waals surface area contributed by atoms with Gasteiger partial charge < -0.3 is 14.9 Å². The number of amides is 2. The minimum atomic E-state index is -0.902. The molecule has 8 nitrogen and oxygen atoms in total. The summed E-state index contributed by atoms with van der Waals surface area (Å²) in [5.74, 6) is -1.00. The van der Waals surface area contributed by atoms with Crippen molar-refractivity contribution < 1.29 is 19.5 Å². The Kier molecular flexibility index (Phi) is 10.2. The number of carbonyl (C=O) groups excluding carboxylic acids is 2. The number of carboxylic acids is 1. The standard InChI is InChI=1S/C37H42Cl2N4O4/c38-30-15-14-29(25-31(30)39)36(17-24-42(26-36)33(44)27-9-3-1-4-10-27)16-21-41-22-18-37(19-23-41,28-11-5-2-6-12-28)35(47)40-43-20-8-7-13-32(43)34(45)46/h1-6,9-12,14-15,25,32H,7-8,13,16-24,26H2,(H,40,47)(H,45,46). The van der Waals surface area contributed by atoms with Gasteiger partial charge >= 0.3 is 5.97 Å². The second-order valence-electron chi connectivity index (χ2n) is 13.3. The van der Waals surface area contributed by atoms with Crippen LogP contribution in [-0.4, -0.2) is 83.0 Å². The smallest absolute Gasteiger partial charge is 0.322 e. The van der Waals surface area contributed by atoms with Crippen molar-refractivity contribution in [2.24, 2.45) is 0 Å². The average Bonchev–Trinajstić information content (AvgIpc) is 3.55. The molecule has 0 spiro atoms. The minimum Gasteiger partial charge on any atom is -0.480 e. The van der Waals surface area contributed by atoms with Crippen molar-refractivity contribution in [3.8, 4) is 0 Å². The first-order valence-electron chi connectivity index (χ1n) is 16.6. The second-order valence-corrected chi connectivity index (χ2v) is 14.1. The van der Waals surface area contributed by atoms with Crippen LogP contribution in [-0.2, 0) is 20.4 Å². The van der Waals surface area contributed by atoms with Crippen LogP contribution in [0.4, 0.5) is 0 Å². The Labute approximate surface area is 286 Å².